The Balaban J connectivity index is 1.64. The Morgan fingerprint density at radius 1 is 0.974 bits per heavy atom. The number of likely N-dealkylation sites (tertiary alicyclic amines) is 1. The van der Waals surface area contributed by atoms with Crippen molar-refractivity contribution in [3.8, 4) is 0 Å². The third kappa shape index (κ3) is 5.11. The number of benzene rings is 3. The van der Waals surface area contributed by atoms with Gasteiger partial charge in [-0.05, 0) is 42.0 Å². The molecule has 0 radical (unpaired) electrons. The fourth-order valence-electron chi connectivity index (χ4n) is 6.24. The van der Waals surface area contributed by atoms with Crippen molar-refractivity contribution in [3.05, 3.63) is 107 Å². The number of rotatable bonds is 8. The van der Waals surface area contributed by atoms with Crippen molar-refractivity contribution < 1.29 is 9.90 Å². The van der Waals surface area contributed by atoms with Crippen LogP contribution in [-0.4, -0.2) is 42.8 Å². The summed E-state index contributed by atoms with van der Waals surface area (Å²) in [6.45, 7) is 5.85. The summed E-state index contributed by atoms with van der Waals surface area (Å²) in [7, 11) is 0. The van der Waals surface area contributed by atoms with Gasteiger partial charge in [-0.2, -0.15) is 0 Å². The summed E-state index contributed by atoms with van der Waals surface area (Å²) in [5, 5.41) is 10.5. The van der Waals surface area contributed by atoms with E-state index in [0.717, 1.165) is 22.2 Å². The Morgan fingerprint density at radius 3 is 2.13 bits per heavy atom. The van der Waals surface area contributed by atoms with Crippen LogP contribution in [0.25, 0.3) is 11.0 Å². The van der Waals surface area contributed by atoms with Gasteiger partial charge in [0.25, 0.3) is 0 Å². The maximum Gasteiger partial charge on any atom is 0.408 e. The number of carboxylic acid groups (broad SMARTS) is 1. The van der Waals surface area contributed by atoms with E-state index in [1.54, 1.807) is 4.90 Å². The molecule has 1 fully saturated rings. The van der Waals surface area contributed by atoms with Gasteiger partial charge in [0.2, 0.25) is 0 Å². The predicted octanol–water partition coefficient (Wildman–Crippen LogP) is 6.09. The van der Waals surface area contributed by atoms with E-state index in [0.29, 0.717) is 38.9 Å². The topological polar surface area (TPSA) is 81.6 Å². The molecular weight excluding hydrogens is 476 g/mol. The molecule has 1 aromatic heterocycles. The number of nitrogens with one attached hydrogen (secondary N) is 1. The molecule has 5 rings (SSSR count). The third-order valence-electron chi connectivity index (χ3n) is 7.73. The number of aromatic amines is 1. The molecule has 4 aromatic rings. The molecule has 1 amide bonds. The van der Waals surface area contributed by atoms with E-state index in [4.69, 9.17) is 0 Å². The maximum absolute atomic E-state index is 13.2. The maximum atomic E-state index is 13.2. The van der Waals surface area contributed by atoms with Crippen LogP contribution in [0.4, 0.5) is 4.79 Å². The summed E-state index contributed by atoms with van der Waals surface area (Å²) < 4.78 is 1.85. The summed E-state index contributed by atoms with van der Waals surface area (Å²) in [5.41, 5.74) is 2.98. The zero-order valence-corrected chi connectivity index (χ0v) is 22.1. The highest BCUT2D eigenvalue weighted by molar-refractivity contribution is 5.75. The average Bonchev–Trinajstić information content (AvgIpc) is 3.24. The lowest BCUT2D eigenvalue weighted by atomic mass is 9.82. The van der Waals surface area contributed by atoms with E-state index < -0.39 is 11.8 Å². The van der Waals surface area contributed by atoms with Crippen molar-refractivity contribution in [2.75, 3.05) is 6.54 Å². The number of fused-ring (bicyclic) bond motifs is 1. The second kappa shape index (κ2) is 10.9. The molecule has 7 nitrogen and oxygen atoms in total. The van der Waals surface area contributed by atoms with Crippen molar-refractivity contribution in [1.82, 2.24) is 19.4 Å². The molecule has 2 heterocycles. The van der Waals surface area contributed by atoms with Crippen molar-refractivity contribution in [3.63, 3.8) is 0 Å². The van der Waals surface area contributed by atoms with Gasteiger partial charge in [0.15, 0.2) is 0 Å². The largest absolute Gasteiger partial charge is 0.465 e. The first-order valence-corrected chi connectivity index (χ1v) is 13.4. The van der Waals surface area contributed by atoms with Crippen LogP contribution in [0, 0.1) is 5.92 Å². The minimum atomic E-state index is -0.915. The molecule has 1 aliphatic heterocycles. The van der Waals surface area contributed by atoms with E-state index in [1.165, 1.54) is 0 Å². The highest BCUT2D eigenvalue weighted by atomic mass is 16.4. The number of piperidine rings is 1. The van der Waals surface area contributed by atoms with Crippen LogP contribution in [-0.2, 0) is 13.1 Å². The number of carbonyl (C=O) groups is 1. The lowest BCUT2D eigenvalue weighted by Gasteiger charge is -2.55. The number of nitrogens with zero attached hydrogens (tertiary/aromatic N) is 3. The molecule has 3 aromatic carbocycles. The fourth-order valence-corrected chi connectivity index (χ4v) is 6.24. The van der Waals surface area contributed by atoms with Crippen molar-refractivity contribution >= 4 is 17.1 Å². The van der Waals surface area contributed by atoms with Gasteiger partial charge in [-0.25, -0.2) is 9.59 Å². The average molecular weight is 513 g/mol. The molecule has 1 aliphatic rings. The fraction of sp³-hybridized carbons (Fsp3) is 0.355. The van der Waals surface area contributed by atoms with E-state index in [-0.39, 0.29) is 17.6 Å². The number of amides is 1. The van der Waals surface area contributed by atoms with E-state index in [9.17, 15) is 14.7 Å². The van der Waals surface area contributed by atoms with Crippen LogP contribution >= 0.6 is 0 Å². The highest BCUT2D eigenvalue weighted by Gasteiger charge is 2.50. The number of H-pyrrole nitrogens is 1. The Hall–Kier alpha value is -3.84. The third-order valence-corrected chi connectivity index (χ3v) is 7.73. The van der Waals surface area contributed by atoms with Crippen LogP contribution in [0.15, 0.2) is 89.7 Å². The number of para-hydroxylation sites is 2. The predicted molar refractivity (Wildman–Crippen MR) is 150 cm³/mol. The molecule has 38 heavy (non-hydrogen) atoms. The second-order valence-electron chi connectivity index (χ2n) is 10.8. The van der Waals surface area contributed by atoms with Gasteiger partial charge < -0.3 is 10.1 Å². The second-order valence-corrected chi connectivity index (χ2v) is 10.8. The zero-order valence-electron chi connectivity index (χ0n) is 22.1. The molecule has 2 atom stereocenters. The number of aromatic nitrogens is 2. The lowest BCUT2D eigenvalue weighted by molar-refractivity contribution is -0.103. The standard InChI is InChI=1S/C31H36N4O3/c1-23(2)19-31(33(21-24-11-5-3-6-12-24)22-25-13-7-4-8-14-25)20-26(17-18-34(31)30(37)38)35-28-16-10-9-15-27(28)32-29(35)36/h3-16,23,26H,17-22H2,1-2H3,(H,32,36)(H,37,38). The first-order chi connectivity index (χ1) is 18.4. The van der Waals surface area contributed by atoms with E-state index >= 15 is 0 Å². The summed E-state index contributed by atoms with van der Waals surface area (Å²) in [5.74, 6) is 0.240. The molecule has 2 N–H and O–H groups in total. The van der Waals surface area contributed by atoms with Gasteiger partial charge in [0, 0.05) is 32.1 Å². The normalized spacial score (nSPS) is 19.9. The zero-order chi connectivity index (χ0) is 26.7. The SMILES string of the molecule is CC(C)CC1(N(Cc2ccccc2)Cc2ccccc2)CC(n2c(=O)[nH]c3ccccc32)CCN1C(=O)O. The van der Waals surface area contributed by atoms with Gasteiger partial charge in [0.1, 0.15) is 5.66 Å². The molecular formula is C31H36N4O3. The summed E-state index contributed by atoms with van der Waals surface area (Å²) in [6, 6.07) is 28.1. The smallest absolute Gasteiger partial charge is 0.408 e. The van der Waals surface area contributed by atoms with Crippen molar-refractivity contribution in [2.24, 2.45) is 5.92 Å². The highest BCUT2D eigenvalue weighted by Crippen LogP contribution is 2.43. The van der Waals surface area contributed by atoms with Crippen LogP contribution in [0.5, 0.6) is 0 Å². The Morgan fingerprint density at radius 2 is 1.55 bits per heavy atom. The lowest BCUT2D eigenvalue weighted by Crippen LogP contribution is -2.65. The quantitative estimate of drug-likeness (QED) is 0.299. The Bertz CT molecular complexity index is 1390. The van der Waals surface area contributed by atoms with Crippen LogP contribution in [0.1, 0.15) is 50.3 Å². The number of hydrogen-bond donors (Lipinski definition) is 2. The van der Waals surface area contributed by atoms with Gasteiger partial charge in [-0.3, -0.25) is 14.4 Å². The van der Waals surface area contributed by atoms with Crippen LogP contribution < -0.4 is 5.69 Å². The van der Waals surface area contributed by atoms with Crippen LogP contribution in [0.2, 0.25) is 0 Å². The van der Waals surface area contributed by atoms with Gasteiger partial charge in [0.05, 0.1) is 11.0 Å². The van der Waals surface area contributed by atoms with Crippen molar-refractivity contribution in [2.45, 2.75) is 57.9 Å². The van der Waals surface area contributed by atoms with Gasteiger partial charge >= 0.3 is 11.8 Å². The minimum Gasteiger partial charge on any atom is -0.465 e. The summed E-state index contributed by atoms with van der Waals surface area (Å²) in [6.07, 6.45) is 0.852. The molecule has 0 bridgehead atoms. The summed E-state index contributed by atoms with van der Waals surface area (Å²) >= 11 is 0. The van der Waals surface area contributed by atoms with Gasteiger partial charge in [-0.1, -0.05) is 86.6 Å². The van der Waals surface area contributed by atoms with Crippen molar-refractivity contribution in [1.29, 1.82) is 0 Å². The Kier molecular flexibility index (Phi) is 7.38. The number of imidazole rings is 1. The van der Waals surface area contributed by atoms with Crippen LogP contribution in [0.3, 0.4) is 0 Å². The number of hydrogen-bond acceptors (Lipinski definition) is 3. The van der Waals surface area contributed by atoms with E-state index in [2.05, 4.69) is 48.0 Å². The molecule has 0 aliphatic carbocycles. The Labute approximate surface area is 223 Å². The molecule has 0 spiro atoms. The molecule has 0 saturated carbocycles. The first-order valence-electron chi connectivity index (χ1n) is 13.4. The van der Waals surface area contributed by atoms with Gasteiger partial charge in [-0.15, -0.1) is 0 Å². The van der Waals surface area contributed by atoms with E-state index in [1.807, 2.05) is 65.2 Å². The molecule has 7 heteroatoms. The molecule has 2 unspecified atom stereocenters. The first kappa shape index (κ1) is 25.8. The monoisotopic (exact) mass is 512 g/mol. The molecule has 1 saturated heterocycles. The summed E-state index contributed by atoms with van der Waals surface area (Å²) in [4.78, 5) is 33.0. The minimum absolute atomic E-state index is 0.137. The molecule has 198 valence electrons.